The van der Waals surface area contributed by atoms with Crippen LogP contribution in [0, 0.1) is 0 Å². The summed E-state index contributed by atoms with van der Waals surface area (Å²) in [7, 11) is 0. The molecule has 3 aromatic rings. The van der Waals surface area contributed by atoms with Crippen LogP contribution in [0.15, 0.2) is 36.5 Å². The number of hydrogen-bond acceptors (Lipinski definition) is 8. The van der Waals surface area contributed by atoms with Crippen LogP contribution in [-0.2, 0) is 11.3 Å². The highest BCUT2D eigenvalue weighted by Crippen LogP contribution is 2.32. The third-order valence-corrected chi connectivity index (χ3v) is 5.27. The van der Waals surface area contributed by atoms with Gasteiger partial charge in [-0.25, -0.2) is 4.98 Å². The van der Waals surface area contributed by atoms with Gasteiger partial charge in [0.25, 0.3) is 0 Å². The molecular weight excluding hydrogens is 408 g/mol. The van der Waals surface area contributed by atoms with E-state index in [9.17, 15) is 0 Å². The maximum Gasteiger partial charge on any atom is 0.231 e. The molecule has 30 heavy (non-hydrogen) atoms. The van der Waals surface area contributed by atoms with Gasteiger partial charge in [0.05, 0.1) is 6.61 Å². The van der Waals surface area contributed by atoms with E-state index in [0.717, 1.165) is 23.6 Å². The van der Waals surface area contributed by atoms with Gasteiger partial charge in [0.2, 0.25) is 12.4 Å². The van der Waals surface area contributed by atoms with Crippen LogP contribution in [0.3, 0.4) is 0 Å². The van der Waals surface area contributed by atoms with Gasteiger partial charge in [0.15, 0.2) is 16.6 Å². The third kappa shape index (κ3) is 3.94. The van der Waals surface area contributed by atoms with Gasteiger partial charge in [-0.15, -0.1) is 5.10 Å². The highest BCUT2D eigenvalue weighted by molar-refractivity contribution is 7.80. The van der Waals surface area contributed by atoms with Crippen molar-refractivity contribution >= 4 is 28.5 Å². The Morgan fingerprint density at radius 2 is 2.20 bits per heavy atom. The monoisotopic (exact) mass is 428 g/mol. The van der Waals surface area contributed by atoms with Crippen molar-refractivity contribution in [1.29, 1.82) is 0 Å². The van der Waals surface area contributed by atoms with Crippen molar-refractivity contribution in [2.75, 3.05) is 33.1 Å². The fraction of sp³-hybridized carbons (Fsp3) is 0.368. The van der Waals surface area contributed by atoms with E-state index in [-0.39, 0.29) is 12.9 Å². The van der Waals surface area contributed by atoms with Crippen LogP contribution in [0.4, 0.5) is 0 Å². The molecule has 1 saturated heterocycles. The minimum atomic E-state index is -0.146. The number of nitrogens with zero attached hydrogens (tertiary/aromatic N) is 5. The molecule has 0 bridgehead atoms. The van der Waals surface area contributed by atoms with Gasteiger partial charge in [-0.1, -0.05) is 10.9 Å². The molecule has 1 unspecified atom stereocenters. The molecule has 0 radical (unpaired) electrons. The Balaban J connectivity index is 1.13. The van der Waals surface area contributed by atoms with E-state index in [1.165, 1.54) is 4.85 Å². The molecule has 5 rings (SSSR count). The smallest absolute Gasteiger partial charge is 0.231 e. The van der Waals surface area contributed by atoms with Gasteiger partial charge in [-0.05, 0) is 47.3 Å². The second-order valence-corrected chi connectivity index (χ2v) is 7.28. The fourth-order valence-corrected chi connectivity index (χ4v) is 3.57. The maximum atomic E-state index is 5.82. The number of ether oxygens (including phenoxy) is 3. The van der Waals surface area contributed by atoms with Gasteiger partial charge in [-0.3, -0.25) is 0 Å². The Bertz CT molecular complexity index is 1060. The normalized spacial score (nSPS) is 17.9. The summed E-state index contributed by atoms with van der Waals surface area (Å²) in [5.41, 5.74) is 2.32. The highest BCUT2D eigenvalue weighted by atomic mass is 32.1. The Hall–Kier alpha value is -3.18. The second kappa shape index (κ2) is 8.28. The molecular formula is C19H20N6O4S. The molecule has 10 nitrogen and oxygen atoms in total. The number of nitrogens with one attached hydrogen (secondary N) is 1. The number of rotatable bonds is 5. The molecule has 2 aliphatic heterocycles. The van der Waals surface area contributed by atoms with Crippen molar-refractivity contribution in [3.63, 3.8) is 0 Å². The van der Waals surface area contributed by atoms with E-state index in [4.69, 9.17) is 31.3 Å². The van der Waals surface area contributed by atoms with E-state index in [0.29, 0.717) is 42.6 Å². The van der Waals surface area contributed by atoms with E-state index < -0.39 is 0 Å². The highest BCUT2D eigenvalue weighted by Gasteiger charge is 2.24. The van der Waals surface area contributed by atoms with Crippen LogP contribution in [-0.4, -0.2) is 69.4 Å². The van der Waals surface area contributed by atoms with E-state index in [2.05, 4.69) is 25.5 Å². The molecule has 1 N–H and O–H groups in total. The van der Waals surface area contributed by atoms with E-state index in [1.807, 2.05) is 24.3 Å². The van der Waals surface area contributed by atoms with Gasteiger partial charge in [-0.2, -0.15) is 0 Å². The number of hydrogen-bond donors (Lipinski definition) is 1. The van der Waals surface area contributed by atoms with Crippen molar-refractivity contribution in [3.8, 4) is 11.5 Å². The number of pyridine rings is 1. The Kier molecular flexibility index (Phi) is 5.20. The average Bonchev–Trinajstić information content (AvgIpc) is 3.42. The van der Waals surface area contributed by atoms with Crippen molar-refractivity contribution in [3.05, 3.63) is 42.1 Å². The molecule has 2 aliphatic rings. The molecule has 1 atom stereocenters. The van der Waals surface area contributed by atoms with E-state index >= 15 is 0 Å². The zero-order chi connectivity index (χ0) is 20.3. The first-order chi connectivity index (χ1) is 14.8. The molecule has 156 valence electrons. The van der Waals surface area contributed by atoms with Crippen molar-refractivity contribution < 1.29 is 19.0 Å². The Morgan fingerprint density at radius 1 is 1.27 bits per heavy atom. The van der Waals surface area contributed by atoms with Gasteiger partial charge >= 0.3 is 0 Å². The fourth-order valence-electron chi connectivity index (χ4n) is 3.33. The van der Waals surface area contributed by atoms with Crippen molar-refractivity contribution in [2.45, 2.75) is 12.6 Å². The van der Waals surface area contributed by atoms with Crippen LogP contribution < -0.4 is 19.6 Å². The standard InChI is InChI=1S/C19H20N6O4S/c30-19(21-9-13-3-4-16-17(8-13)28-12-27-16)24-6-7-26-14(10-24)11-29-25-18-15(22-23-25)2-1-5-20-18/h1-5,8,14H,6-7,9-12H2,(H,21,30). The molecule has 2 aromatic heterocycles. The first-order valence-corrected chi connectivity index (χ1v) is 10.00. The topological polar surface area (TPSA) is 95.8 Å². The van der Waals surface area contributed by atoms with Crippen LogP contribution in [0.2, 0.25) is 0 Å². The summed E-state index contributed by atoms with van der Waals surface area (Å²) >= 11 is 5.58. The average molecular weight is 428 g/mol. The lowest BCUT2D eigenvalue weighted by molar-refractivity contribution is -0.0614. The predicted molar refractivity (Wildman–Crippen MR) is 110 cm³/mol. The lowest BCUT2D eigenvalue weighted by atomic mass is 10.2. The molecule has 4 heterocycles. The summed E-state index contributed by atoms with van der Waals surface area (Å²) < 4.78 is 16.6. The third-order valence-electron chi connectivity index (χ3n) is 4.87. The molecule has 1 fully saturated rings. The number of thiocarbonyl (C=S) groups is 1. The van der Waals surface area contributed by atoms with Crippen molar-refractivity contribution in [1.82, 2.24) is 30.4 Å². The van der Waals surface area contributed by atoms with Crippen molar-refractivity contribution in [2.24, 2.45) is 0 Å². The van der Waals surface area contributed by atoms with Crippen LogP contribution in [0.1, 0.15) is 5.56 Å². The van der Waals surface area contributed by atoms with Crippen LogP contribution >= 0.6 is 12.2 Å². The molecule has 0 saturated carbocycles. The quantitative estimate of drug-likeness (QED) is 0.587. The summed E-state index contributed by atoms with van der Waals surface area (Å²) in [5.74, 6) is 1.53. The maximum absolute atomic E-state index is 5.82. The largest absolute Gasteiger partial charge is 0.454 e. The lowest BCUT2D eigenvalue weighted by Crippen LogP contribution is -2.51. The van der Waals surface area contributed by atoms with E-state index in [1.54, 1.807) is 12.3 Å². The summed E-state index contributed by atoms with van der Waals surface area (Å²) in [6.45, 7) is 3.09. The Labute approximate surface area is 177 Å². The SMILES string of the molecule is S=C(NCc1ccc2c(c1)OCO2)N1CCOC(COn2nnc3cccnc32)C1. The summed E-state index contributed by atoms with van der Waals surface area (Å²) in [6, 6.07) is 9.51. The number of fused-ring (bicyclic) bond motifs is 2. The number of morpholine rings is 1. The molecule has 0 amide bonds. The summed E-state index contributed by atoms with van der Waals surface area (Å²) in [6.07, 6.45) is 1.53. The first kappa shape index (κ1) is 18.8. The number of benzene rings is 1. The first-order valence-electron chi connectivity index (χ1n) is 9.59. The molecule has 1 aromatic carbocycles. The van der Waals surface area contributed by atoms with Gasteiger partial charge in [0.1, 0.15) is 18.2 Å². The molecule has 0 spiro atoms. The second-order valence-electron chi connectivity index (χ2n) is 6.89. The minimum absolute atomic E-state index is 0.146. The molecule has 0 aliphatic carbocycles. The van der Waals surface area contributed by atoms with Gasteiger partial charge in [0, 0.05) is 25.8 Å². The van der Waals surface area contributed by atoms with Gasteiger partial charge < -0.3 is 29.3 Å². The van der Waals surface area contributed by atoms with Crippen LogP contribution in [0.5, 0.6) is 11.5 Å². The minimum Gasteiger partial charge on any atom is -0.454 e. The van der Waals surface area contributed by atoms with Crippen LogP contribution in [0.25, 0.3) is 11.2 Å². The predicted octanol–water partition coefficient (Wildman–Crippen LogP) is 0.759. The molecule has 11 heteroatoms. The number of aromatic nitrogens is 4. The lowest BCUT2D eigenvalue weighted by Gasteiger charge is -2.34. The summed E-state index contributed by atoms with van der Waals surface area (Å²) in [5, 5.41) is 12.0. The zero-order valence-corrected chi connectivity index (χ0v) is 16.9. The zero-order valence-electron chi connectivity index (χ0n) is 16.1. The summed E-state index contributed by atoms with van der Waals surface area (Å²) in [4.78, 5) is 13.4. The Morgan fingerprint density at radius 3 is 3.17 bits per heavy atom.